The van der Waals surface area contributed by atoms with Crippen molar-refractivity contribution in [1.82, 2.24) is 5.32 Å². The molecule has 4 rings (SSSR count). The molecule has 0 spiro atoms. The van der Waals surface area contributed by atoms with Crippen LogP contribution in [0.2, 0.25) is 5.02 Å². The fraction of sp³-hybridized carbons (Fsp3) is 0.375. The van der Waals surface area contributed by atoms with Crippen LogP contribution in [0, 0.1) is 5.41 Å². The Morgan fingerprint density at radius 3 is 2.44 bits per heavy atom. The first-order chi connectivity index (χ1) is 19.6. The molecule has 41 heavy (non-hydrogen) atoms. The minimum atomic E-state index is -0.943. The van der Waals surface area contributed by atoms with Crippen molar-refractivity contribution in [3.63, 3.8) is 0 Å². The van der Waals surface area contributed by atoms with Gasteiger partial charge in [0.2, 0.25) is 0 Å². The summed E-state index contributed by atoms with van der Waals surface area (Å²) in [7, 11) is 0. The number of anilines is 1. The highest BCUT2D eigenvalue weighted by Crippen LogP contribution is 2.45. The lowest BCUT2D eigenvalue weighted by molar-refractivity contribution is -0.119. The summed E-state index contributed by atoms with van der Waals surface area (Å²) in [6.07, 6.45) is 0.431. The van der Waals surface area contributed by atoms with Gasteiger partial charge in [0.15, 0.2) is 0 Å². The smallest absolute Gasteiger partial charge is 0.433 e. The molecule has 0 bridgehead atoms. The summed E-state index contributed by atoms with van der Waals surface area (Å²) >= 11 is 9.17. The third kappa shape index (κ3) is 7.48. The van der Waals surface area contributed by atoms with E-state index in [9.17, 15) is 9.59 Å². The highest BCUT2D eigenvalue weighted by molar-refractivity contribution is 8.04. The van der Waals surface area contributed by atoms with E-state index < -0.39 is 11.7 Å². The highest BCUT2D eigenvalue weighted by Gasteiger charge is 2.44. The third-order valence-electron chi connectivity index (χ3n) is 6.70. The molecular weight excluding hydrogens is 576 g/mol. The van der Waals surface area contributed by atoms with Crippen molar-refractivity contribution in [2.75, 3.05) is 24.6 Å². The zero-order valence-corrected chi connectivity index (χ0v) is 26.5. The third-order valence-corrected chi connectivity index (χ3v) is 9.02. The normalized spacial score (nSPS) is 17.3. The van der Waals surface area contributed by atoms with Crippen molar-refractivity contribution in [1.29, 1.82) is 0 Å². The molecular formula is C32H37ClN2O4S2. The van der Waals surface area contributed by atoms with Gasteiger partial charge in [-0.25, -0.2) is 4.79 Å². The number of rotatable bonds is 10. The number of ether oxygens (including phenoxy) is 2. The van der Waals surface area contributed by atoms with Crippen molar-refractivity contribution >= 4 is 52.4 Å². The van der Waals surface area contributed by atoms with Gasteiger partial charge >= 0.3 is 6.16 Å². The summed E-state index contributed by atoms with van der Waals surface area (Å²) in [6, 6.07) is 17.5. The number of carbonyl (C=O) groups excluding carboxylic acids is 2. The van der Waals surface area contributed by atoms with E-state index >= 15 is 0 Å². The maximum absolute atomic E-state index is 13.9. The maximum Gasteiger partial charge on any atom is 0.513 e. The lowest BCUT2D eigenvalue weighted by Gasteiger charge is -2.39. The highest BCUT2D eigenvalue weighted by atomic mass is 35.5. The summed E-state index contributed by atoms with van der Waals surface area (Å²) in [5, 5.41) is 7.79. The van der Waals surface area contributed by atoms with Crippen LogP contribution >= 0.6 is 34.7 Å². The molecule has 1 N–H and O–H groups in total. The standard InChI is InChI=1S/C32H37ClN2O4S2/c1-6-17-35(7-2)24-14-12-22(13-15-24)32(23-16-18-40-20-23)19-26(39-30(37)38-21-31(3,4)5)28(29(36)34-32)41-27-11-9-8-10-25(27)33/h8-16,18,20H,6-7,17,19,21H2,1-5H3,(H,34,36). The Balaban J connectivity index is 1.77. The molecule has 6 nitrogen and oxygen atoms in total. The summed E-state index contributed by atoms with van der Waals surface area (Å²) in [6.45, 7) is 12.3. The van der Waals surface area contributed by atoms with Gasteiger partial charge in [-0.1, -0.05) is 75.3 Å². The quantitative estimate of drug-likeness (QED) is 0.231. The molecule has 2 aromatic carbocycles. The molecule has 1 aromatic heterocycles. The van der Waals surface area contributed by atoms with Crippen LogP contribution in [0.1, 0.15) is 58.6 Å². The van der Waals surface area contributed by atoms with Gasteiger partial charge in [-0.15, -0.1) is 0 Å². The number of amides is 1. The molecule has 2 heterocycles. The van der Waals surface area contributed by atoms with Crippen molar-refractivity contribution < 1.29 is 19.1 Å². The number of hydrogen-bond acceptors (Lipinski definition) is 7. The van der Waals surface area contributed by atoms with Gasteiger partial charge in [0.1, 0.15) is 10.7 Å². The monoisotopic (exact) mass is 612 g/mol. The average molecular weight is 613 g/mol. The van der Waals surface area contributed by atoms with Crippen LogP contribution in [0.4, 0.5) is 10.5 Å². The Kier molecular flexibility index (Phi) is 10.1. The van der Waals surface area contributed by atoms with E-state index in [4.69, 9.17) is 21.1 Å². The van der Waals surface area contributed by atoms with Crippen molar-refractivity contribution in [2.45, 2.75) is 57.9 Å². The fourth-order valence-electron chi connectivity index (χ4n) is 4.69. The second-order valence-electron chi connectivity index (χ2n) is 11.2. The Labute approximate surface area is 256 Å². The Hall–Kier alpha value is -2.94. The Bertz CT molecular complexity index is 1380. The molecule has 9 heteroatoms. The summed E-state index contributed by atoms with van der Waals surface area (Å²) < 4.78 is 11.3. The second-order valence-corrected chi connectivity index (χ2v) is 13.4. The van der Waals surface area contributed by atoms with Gasteiger partial charge < -0.3 is 19.7 Å². The van der Waals surface area contributed by atoms with E-state index in [1.807, 2.05) is 67.9 Å². The molecule has 0 aliphatic carbocycles. The van der Waals surface area contributed by atoms with Crippen LogP contribution in [0.5, 0.6) is 0 Å². The zero-order valence-electron chi connectivity index (χ0n) is 24.2. The first-order valence-corrected chi connectivity index (χ1v) is 15.9. The zero-order chi connectivity index (χ0) is 29.6. The molecule has 0 fully saturated rings. The van der Waals surface area contributed by atoms with E-state index in [1.165, 1.54) is 11.8 Å². The van der Waals surface area contributed by atoms with Gasteiger partial charge in [-0.05, 0) is 71.0 Å². The topological polar surface area (TPSA) is 67.9 Å². The van der Waals surface area contributed by atoms with Gasteiger partial charge in [0.05, 0.1) is 17.2 Å². The predicted octanol–water partition coefficient (Wildman–Crippen LogP) is 8.60. The number of benzene rings is 2. The second kappa shape index (κ2) is 13.4. The molecule has 1 aliphatic heterocycles. The van der Waals surface area contributed by atoms with Gasteiger partial charge in [0, 0.05) is 30.1 Å². The first kappa shape index (κ1) is 31.0. The fourth-order valence-corrected chi connectivity index (χ4v) is 6.58. The lowest BCUT2D eigenvalue weighted by Crippen LogP contribution is -2.50. The van der Waals surface area contributed by atoms with E-state index in [2.05, 4.69) is 36.2 Å². The predicted molar refractivity (Wildman–Crippen MR) is 169 cm³/mol. The van der Waals surface area contributed by atoms with E-state index in [0.717, 1.165) is 36.3 Å². The van der Waals surface area contributed by atoms with E-state index in [0.29, 0.717) is 9.92 Å². The number of nitrogens with zero attached hydrogens (tertiary/aromatic N) is 1. The van der Waals surface area contributed by atoms with Crippen LogP contribution in [0.25, 0.3) is 0 Å². The maximum atomic E-state index is 13.9. The van der Waals surface area contributed by atoms with E-state index in [1.54, 1.807) is 17.4 Å². The van der Waals surface area contributed by atoms with Crippen molar-refractivity contribution in [2.24, 2.45) is 5.41 Å². The summed E-state index contributed by atoms with van der Waals surface area (Å²) in [5.74, 6) is -0.106. The van der Waals surface area contributed by atoms with Gasteiger partial charge in [-0.2, -0.15) is 11.3 Å². The molecule has 0 saturated heterocycles. The molecule has 3 aromatic rings. The van der Waals surface area contributed by atoms with E-state index in [-0.39, 0.29) is 35.0 Å². The average Bonchev–Trinajstić information content (AvgIpc) is 3.49. The molecule has 1 unspecified atom stereocenters. The number of thiophene rings is 1. The number of thioether (sulfide) groups is 1. The summed E-state index contributed by atoms with van der Waals surface area (Å²) in [5.41, 5.74) is 1.75. The molecule has 1 amide bonds. The number of hydrogen-bond donors (Lipinski definition) is 1. The van der Waals surface area contributed by atoms with Gasteiger partial charge in [0.25, 0.3) is 5.91 Å². The van der Waals surface area contributed by atoms with Crippen LogP contribution in [-0.2, 0) is 19.8 Å². The molecule has 0 saturated carbocycles. The molecule has 1 aliphatic rings. The van der Waals surface area contributed by atoms with Gasteiger partial charge in [-0.3, -0.25) is 4.79 Å². The van der Waals surface area contributed by atoms with Crippen molar-refractivity contribution in [3.8, 4) is 0 Å². The number of nitrogens with one attached hydrogen (secondary N) is 1. The lowest BCUT2D eigenvalue weighted by atomic mass is 9.79. The van der Waals surface area contributed by atoms with Crippen LogP contribution in [0.15, 0.2) is 80.9 Å². The van der Waals surface area contributed by atoms with Crippen molar-refractivity contribution in [3.05, 3.63) is 92.2 Å². The molecule has 0 radical (unpaired) electrons. The Morgan fingerprint density at radius 2 is 1.83 bits per heavy atom. The summed E-state index contributed by atoms with van der Waals surface area (Å²) in [4.78, 5) is 30.1. The Morgan fingerprint density at radius 1 is 1.10 bits per heavy atom. The largest absolute Gasteiger partial charge is 0.513 e. The number of carbonyl (C=O) groups is 2. The van der Waals surface area contributed by atoms with Crippen LogP contribution < -0.4 is 10.2 Å². The van der Waals surface area contributed by atoms with Crippen LogP contribution in [0.3, 0.4) is 0 Å². The van der Waals surface area contributed by atoms with Crippen LogP contribution in [-0.4, -0.2) is 31.8 Å². The molecule has 1 atom stereocenters. The minimum Gasteiger partial charge on any atom is -0.433 e. The minimum absolute atomic E-state index is 0.182. The molecule has 218 valence electrons. The SMILES string of the molecule is CCCN(CC)c1ccc(C2(c3ccsc3)CC(OC(=O)OCC(C)(C)C)=C(Sc3ccccc3Cl)C(=O)N2)cc1. The first-order valence-electron chi connectivity index (χ1n) is 13.8. The number of halogens is 1.